The second-order valence-electron chi connectivity index (χ2n) is 7.20. The van der Waals surface area contributed by atoms with Gasteiger partial charge in [0.1, 0.15) is 0 Å². The van der Waals surface area contributed by atoms with E-state index < -0.39 is 0 Å². The first-order valence-electron chi connectivity index (χ1n) is 8.83. The van der Waals surface area contributed by atoms with Crippen LogP contribution in [-0.4, -0.2) is 47.8 Å². The second-order valence-corrected chi connectivity index (χ2v) is 7.20. The number of unbranched alkanes of at least 4 members (excludes halogenated alkanes) is 1. The van der Waals surface area contributed by atoms with Crippen LogP contribution in [0.2, 0.25) is 0 Å². The first-order valence-corrected chi connectivity index (χ1v) is 8.83. The maximum Gasteiger partial charge on any atom is 0.0610 e. The predicted molar refractivity (Wildman–Crippen MR) is 85.0 cm³/mol. The number of likely N-dealkylation sites (tertiary alicyclic amines) is 1. The van der Waals surface area contributed by atoms with Gasteiger partial charge in [-0.2, -0.15) is 0 Å². The van der Waals surface area contributed by atoms with Crippen molar-refractivity contribution in [2.45, 2.75) is 82.7 Å². The normalized spacial score (nSPS) is 24.9. The van der Waals surface area contributed by atoms with E-state index in [0.717, 1.165) is 6.42 Å². The second kappa shape index (κ2) is 8.35. The number of hydrogen-bond donors (Lipinski definition) is 2. The lowest BCUT2D eigenvalue weighted by atomic mass is 9.95. The fourth-order valence-electron chi connectivity index (χ4n) is 3.30. The molecule has 1 saturated carbocycles. The first kappa shape index (κ1) is 16.3. The summed E-state index contributed by atoms with van der Waals surface area (Å²) in [6.45, 7) is 6.31. The van der Waals surface area contributed by atoms with Gasteiger partial charge in [0.25, 0.3) is 0 Å². The summed E-state index contributed by atoms with van der Waals surface area (Å²) in [5.41, 5.74) is -0.0442. The van der Waals surface area contributed by atoms with E-state index in [4.69, 9.17) is 0 Å². The summed E-state index contributed by atoms with van der Waals surface area (Å²) in [6, 6.07) is 0.682. The van der Waals surface area contributed by atoms with Crippen LogP contribution in [0.5, 0.6) is 0 Å². The SMILES string of the molecule is CC(CO)(CCCCN1CCCCCCC1)NC1CC1. The topological polar surface area (TPSA) is 35.5 Å². The van der Waals surface area contributed by atoms with Gasteiger partial charge in [-0.1, -0.05) is 25.7 Å². The van der Waals surface area contributed by atoms with Crippen LogP contribution in [-0.2, 0) is 0 Å². The van der Waals surface area contributed by atoms with Crippen molar-refractivity contribution in [1.29, 1.82) is 0 Å². The zero-order chi connectivity index (χ0) is 14.3. The molecule has 1 saturated heterocycles. The summed E-state index contributed by atoms with van der Waals surface area (Å²) in [5, 5.41) is 13.2. The third kappa shape index (κ3) is 6.11. The molecule has 2 rings (SSSR count). The Morgan fingerprint density at radius 1 is 1.05 bits per heavy atom. The summed E-state index contributed by atoms with van der Waals surface area (Å²) in [7, 11) is 0. The van der Waals surface area contributed by atoms with E-state index in [-0.39, 0.29) is 12.1 Å². The standard InChI is InChI=1S/C17H34N2O/c1-17(15-20,18-16-9-10-16)11-5-8-14-19-12-6-3-2-4-7-13-19/h16,18,20H,2-15H2,1H3. The van der Waals surface area contributed by atoms with E-state index in [1.54, 1.807) is 0 Å². The summed E-state index contributed by atoms with van der Waals surface area (Å²) >= 11 is 0. The molecule has 0 aromatic carbocycles. The molecule has 118 valence electrons. The molecule has 1 atom stereocenters. The minimum atomic E-state index is -0.0442. The number of hydrogen-bond acceptors (Lipinski definition) is 3. The largest absolute Gasteiger partial charge is 0.394 e. The van der Waals surface area contributed by atoms with Crippen molar-refractivity contribution in [2.24, 2.45) is 0 Å². The number of nitrogens with one attached hydrogen (secondary N) is 1. The highest BCUT2D eigenvalue weighted by atomic mass is 16.3. The molecule has 1 aliphatic carbocycles. The van der Waals surface area contributed by atoms with Crippen LogP contribution >= 0.6 is 0 Å². The maximum atomic E-state index is 9.61. The monoisotopic (exact) mass is 282 g/mol. The van der Waals surface area contributed by atoms with Crippen LogP contribution in [0.25, 0.3) is 0 Å². The molecule has 0 radical (unpaired) electrons. The lowest BCUT2D eigenvalue weighted by molar-refractivity contribution is 0.158. The molecule has 1 unspecified atom stereocenters. The Labute approximate surface area is 125 Å². The van der Waals surface area contributed by atoms with Gasteiger partial charge < -0.3 is 15.3 Å². The van der Waals surface area contributed by atoms with Crippen LogP contribution < -0.4 is 5.32 Å². The molecular formula is C17H34N2O. The van der Waals surface area contributed by atoms with Gasteiger partial charge in [-0.3, -0.25) is 0 Å². The van der Waals surface area contributed by atoms with Gasteiger partial charge in [0.15, 0.2) is 0 Å². The van der Waals surface area contributed by atoms with Gasteiger partial charge >= 0.3 is 0 Å². The van der Waals surface area contributed by atoms with Crippen molar-refractivity contribution in [1.82, 2.24) is 10.2 Å². The van der Waals surface area contributed by atoms with Gasteiger partial charge in [0, 0.05) is 11.6 Å². The van der Waals surface area contributed by atoms with Gasteiger partial charge in [0.2, 0.25) is 0 Å². The van der Waals surface area contributed by atoms with Gasteiger partial charge in [-0.15, -0.1) is 0 Å². The van der Waals surface area contributed by atoms with E-state index in [1.807, 2.05) is 0 Å². The average molecular weight is 282 g/mol. The average Bonchev–Trinajstić information content (AvgIpc) is 3.20. The molecule has 2 N–H and O–H groups in total. The van der Waals surface area contributed by atoms with Crippen LogP contribution in [0, 0.1) is 0 Å². The highest BCUT2D eigenvalue weighted by Crippen LogP contribution is 2.25. The van der Waals surface area contributed by atoms with Crippen LogP contribution in [0.3, 0.4) is 0 Å². The summed E-state index contributed by atoms with van der Waals surface area (Å²) < 4.78 is 0. The van der Waals surface area contributed by atoms with Gasteiger partial charge in [-0.25, -0.2) is 0 Å². The Morgan fingerprint density at radius 3 is 2.30 bits per heavy atom. The smallest absolute Gasteiger partial charge is 0.0610 e. The number of aliphatic hydroxyl groups is 1. The molecule has 2 aliphatic rings. The van der Waals surface area contributed by atoms with Crippen molar-refractivity contribution >= 4 is 0 Å². The Bertz CT molecular complexity index is 260. The first-order chi connectivity index (χ1) is 9.72. The van der Waals surface area contributed by atoms with Crippen molar-refractivity contribution in [3.63, 3.8) is 0 Å². The third-order valence-corrected chi connectivity index (χ3v) is 4.88. The minimum Gasteiger partial charge on any atom is -0.394 e. The highest BCUT2D eigenvalue weighted by molar-refractivity contribution is 4.92. The molecule has 2 fully saturated rings. The van der Waals surface area contributed by atoms with E-state index in [2.05, 4.69) is 17.1 Å². The molecule has 0 aromatic rings. The highest BCUT2D eigenvalue weighted by Gasteiger charge is 2.31. The van der Waals surface area contributed by atoms with Crippen molar-refractivity contribution in [2.75, 3.05) is 26.2 Å². The third-order valence-electron chi connectivity index (χ3n) is 4.88. The Hall–Kier alpha value is -0.120. The zero-order valence-electron chi connectivity index (χ0n) is 13.4. The molecule has 0 bridgehead atoms. The van der Waals surface area contributed by atoms with Crippen LogP contribution in [0.4, 0.5) is 0 Å². The molecule has 0 aromatic heterocycles. The Kier molecular flexibility index (Phi) is 6.79. The van der Waals surface area contributed by atoms with Crippen LogP contribution in [0.15, 0.2) is 0 Å². The minimum absolute atomic E-state index is 0.0442. The van der Waals surface area contributed by atoms with E-state index >= 15 is 0 Å². The van der Waals surface area contributed by atoms with Crippen LogP contribution in [0.1, 0.15) is 71.1 Å². The van der Waals surface area contributed by atoms with Crippen molar-refractivity contribution in [3.05, 3.63) is 0 Å². The Balaban J connectivity index is 1.58. The molecule has 3 heteroatoms. The Morgan fingerprint density at radius 2 is 1.70 bits per heavy atom. The number of rotatable bonds is 8. The van der Waals surface area contributed by atoms with Gasteiger partial charge in [0.05, 0.1) is 6.61 Å². The fourth-order valence-corrected chi connectivity index (χ4v) is 3.30. The van der Waals surface area contributed by atoms with Crippen molar-refractivity contribution in [3.8, 4) is 0 Å². The lowest BCUT2D eigenvalue weighted by Gasteiger charge is -2.30. The number of aliphatic hydroxyl groups excluding tert-OH is 1. The molecular weight excluding hydrogens is 248 g/mol. The molecule has 0 amide bonds. The lowest BCUT2D eigenvalue weighted by Crippen LogP contribution is -2.47. The molecule has 1 heterocycles. The molecule has 1 aliphatic heterocycles. The fraction of sp³-hybridized carbons (Fsp3) is 1.00. The zero-order valence-corrected chi connectivity index (χ0v) is 13.4. The number of nitrogens with zero attached hydrogens (tertiary/aromatic N) is 1. The van der Waals surface area contributed by atoms with E-state index in [0.29, 0.717) is 6.04 Å². The van der Waals surface area contributed by atoms with E-state index in [1.165, 1.54) is 77.4 Å². The van der Waals surface area contributed by atoms with Gasteiger partial charge in [-0.05, 0) is 65.1 Å². The molecule has 3 nitrogen and oxygen atoms in total. The van der Waals surface area contributed by atoms with E-state index in [9.17, 15) is 5.11 Å². The summed E-state index contributed by atoms with van der Waals surface area (Å²) in [5.74, 6) is 0. The summed E-state index contributed by atoms with van der Waals surface area (Å²) in [4.78, 5) is 2.66. The maximum absolute atomic E-state index is 9.61. The molecule has 20 heavy (non-hydrogen) atoms. The summed E-state index contributed by atoms with van der Waals surface area (Å²) in [6.07, 6.45) is 13.3. The quantitative estimate of drug-likeness (QED) is 0.672. The van der Waals surface area contributed by atoms with Crippen molar-refractivity contribution < 1.29 is 5.11 Å². The molecule has 0 spiro atoms. The predicted octanol–water partition coefficient (Wildman–Crippen LogP) is 2.93.